The van der Waals surface area contributed by atoms with Crippen LogP contribution in [0.1, 0.15) is 264 Å². The summed E-state index contributed by atoms with van der Waals surface area (Å²) in [6, 6.07) is -0.647. The average molecular weight is 824 g/mol. The third-order valence-electron chi connectivity index (χ3n) is 11.7. The zero-order valence-electron chi connectivity index (χ0n) is 39.5. The molecular formula is C55H101NO3. The van der Waals surface area contributed by atoms with Gasteiger partial charge in [-0.3, -0.25) is 4.79 Å². The van der Waals surface area contributed by atoms with Crippen LogP contribution in [0.4, 0.5) is 0 Å². The van der Waals surface area contributed by atoms with E-state index in [2.05, 4.69) is 67.8 Å². The molecular weight excluding hydrogens is 723 g/mol. The maximum atomic E-state index is 12.4. The first kappa shape index (κ1) is 57.1. The van der Waals surface area contributed by atoms with E-state index in [1.54, 1.807) is 6.08 Å². The summed E-state index contributed by atoms with van der Waals surface area (Å²) in [6.07, 6.45) is 70.8. The third kappa shape index (κ3) is 47.0. The van der Waals surface area contributed by atoms with Crippen LogP contribution in [0.25, 0.3) is 0 Å². The first-order valence-electron chi connectivity index (χ1n) is 26.0. The minimum Gasteiger partial charge on any atom is -0.394 e. The number of amides is 1. The summed E-state index contributed by atoms with van der Waals surface area (Å²) >= 11 is 0. The fourth-order valence-electron chi connectivity index (χ4n) is 7.71. The van der Waals surface area contributed by atoms with Gasteiger partial charge in [-0.1, -0.05) is 242 Å². The lowest BCUT2D eigenvalue weighted by Crippen LogP contribution is -2.45. The SMILES string of the molecule is CCCCCCCC/C=C/CC/C=C/CC/C=C/C(O)C(CO)NC(=O)CCCCCCCCCCCCCCCCC/C=C\C/C=C\CCCCCCCCCCC. The molecule has 0 aromatic carbocycles. The van der Waals surface area contributed by atoms with Crippen molar-refractivity contribution in [1.29, 1.82) is 0 Å². The van der Waals surface area contributed by atoms with Crippen molar-refractivity contribution >= 4 is 5.91 Å². The molecule has 0 aliphatic carbocycles. The number of hydrogen-bond donors (Lipinski definition) is 3. The Morgan fingerprint density at radius 3 is 1.08 bits per heavy atom. The fraction of sp³-hybridized carbons (Fsp3) is 0.800. The van der Waals surface area contributed by atoms with Crippen molar-refractivity contribution in [3.05, 3.63) is 60.8 Å². The van der Waals surface area contributed by atoms with Gasteiger partial charge in [0.05, 0.1) is 18.8 Å². The minimum absolute atomic E-state index is 0.0779. The first-order chi connectivity index (χ1) is 29.2. The predicted molar refractivity (Wildman–Crippen MR) is 262 cm³/mol. The first-order valence-corrected chi connectivity index (χ1v) is 26.0. The van der Waals surface area contributed by atoms with Crippen molar-refractivity contribution in [2.75, 3.05) is 6.61 Å². The predicted octanol–water partition coefficient (Wildman–Crippen LogP) is 16.9. The number of carbonyl (C=O) groups is 1. The van der Waals surface area contributed by atoms with Crippen LogP contribution in [0.15, 0.2) is 60.8 Å². The lowest BCUT2D eigenvalue weighted by atomic mass is 10.0. The van der Waals surface area contributed by atoms with Gasteiger partial charge in [-0.15, -0.1) is 0 Å². The molecule has 0 heterocycles. The van der Waals surface area contributed by atoms with Gasteiger partial charge < -0.3 is 15.5 Å². The van der Waals surface area contributed by atoms with Gasteiger partial charge in [-0.25, -0.2) is 0 Å². The highest BCUT2D eigenvalue weighted by molar-refractivity contribution is 5.76. The Balaban J connectivity index is 3.53. The number of carbonyl (C=O) groups excluding carboxylic acids is 1. The topological polar surface area (TPSA) is 69.6 Å². The summed E-state index contributed by atoms with van der Waals surface area (Å²) in [6.45, 7) is 4.29. The number of unbranched alkanes of at least 4 members (excludes halogenated alkanes) is 32. The van der Waals surface area contributed by atoms with Crippen molar-refractivity contribution in [3.8, 4) is 0 Å². The quantitative estimate of drug-likeness (QED) is 0.0423. The Kier molecular flexibility index (Phi) is 48.8. The molecule has 2 unspecified atom stereocenters. The average Bonchev–Trinajstić information content (AvgIpc) is 3.24. The van der Waals surface area contributed by atoms with E-state index in [9.17, 15) is 15.0 Å². The standard InChI is InChI=1S/C55H101NO3/c1-3-5-7-9-11-13-15-17-19-21-22-23-24-25-26-27-28-29-30-31-32-33-34-35-37-39-41-43-45-47-49-51-55(59)56-53(52-57)54(58)50-48-46-44-42-40-38-36-20-18-16-14-12-10-8-6-4-2/h18,20,22-23,25-26,40,42,48,50,53-54,57-58H,3-17,19,21,24,27-39,41,43-47,49,51-52H2,1-2H3,(H,56,59)/b20-18+,23-22-,26-25-,42-40+,50-48+. The van der Waals surface area contributed by atoms with Crippen LogP contribution in [0.5, 0.6) is 0 Å². The number of allylic oxidation sites excluding steroid dienone is 9. The normalized spacial score (nSPS) is 13.4. The highest BCUT2D eigenvalue weighted by Crippen LogP contribution is 2.15. The molecule has 344 valence electrons. The van der Waals surface area contributed by atoms with Crippen LogP contribution in [-0.2, 0) is 4.79 Å². The van der Waals surface area contributed by atoms with E-state index in [1.165, 1.54) is 199 Å². The fourth-order valence-corrected chi connectivity index (χ4v) is 7.71. The molecule has 0 aromatic heterocycles. The monoisotopic (exact) mass is 824 g/mol. The molecule has 0 saturated heterocycles. The number of rotatable bonds is 47. The molecule has 0 spiro atoms. The number of nitrogens with one attached hydrogen (secondary N) is 1. The molecule has 4 nitrogen and oxygen atoms in total. The van der Waals surface area contributed by atoms with Gasteiger partial charge in [0, 0.05) is 6.42 Å². The van der Waals surface area contributed by atoms with E-state index in [0.29, 0.717) is 6.42 Å². The number of aliphatic hydroxyl groups excluding tert-OH is 2. The molecule has 4 heteroatoms. The van der Waals surface area contributed by atoms with Crippen molar-refractivity contribution in [2.24, 2.45) is 0 Å². The second-order valence-electron chi connectivity index (χ2n) is 17.6. The molecule has 0 radical (unpaired) electrons. The molecule has 0 fully saturated rings. The van der Waals surface area contributed by atoms with E-state index in [0.717, 1.165) is 44.9 Å². The maximum Gasteiger partial charge on any atom is 0.220 e. The highest BCUT2D eigenvalue weighted by Gasteiger charge is 2.17. The van der Waals surface area contributed by atoms with Crippen molar-refractivity contribution in [2.45, 2.75) is 276 Å². The summed E-state index contributed by atoms with van der Waals surface area (Å²) in [5, 5.41) is 23.0. The van der Waals surface area contributed by atoms with Crippen LogP contribution < -0.4 is 5.32 Å². The Bertz CT molecular complexity index is 981. The van der Waals surface area contributed by atoms with Crippen molar-refractivity contribution in [3.63, 3.8) is 0 Å². The van der Waals surface area contributed by atoms with E-state index in [1.807, 2.05) is 6.08 Å². The molecule has 2 atom stereocenters. The van der Waals surface area contributed by atoms with E-state index < -0.39 is 12.1 Å². The lowest BCUT2D eigenvalue weighted by Gasteiger charge is -2.19. The second-order valence-corrected chi connectivity index (χ2v) is 17.6. The Hall–Kier alpha value is -1.91. The van der Waals surface area contributed by atoms with Crippen LogP contribution in [0.3, 0.4) is 0 Å². The van der Waals surface area contributed by atoms with E-state index in [-0.39, 0.29) is 12.5 Å². The van der Waals surface area contributed by atoms with Gasteiger partial charge in [-0.05, 0) is 77.0 Å². The smallest absolute Gasteiger partial charge is 0.220 e. The molecule has 0 saturated carbocycles. The van der Waals surface area contributed by atoms with E-state index in [4.69, 9.17) is 0 Å². The van der Waals surface area contributed by atoms with Crippen LogP contribution in [0, 0.1) is 0 Å². The molecule has 59 heavy (non-hydrogen) atoms. The molecule has 0 bridgehead atoms. The van der Waals surface area contributed by atoms with Crippen molar-refractivity contribution < 1.29 is 15.0 Å². The Morgan fingerprint density at radius 1 is 0.407 bits per heavy atom. The summed E-state index contributed by atoms with van der Waals surface area (Å²) in [4.78, 5) is 12.4. The lowest BCUT2D eigenvalue weighted by molar-refractivity contribution is -0.123. The zero-order valence-corrected chi connectivity index (χ0v) is 39.5. The van der Waals surface area contributed by atoms with Crippen LogP contribution in [0.2, 0.25) is 0 Å². The molecule has 3 N–H and O–H groups in total. The molecule has 0 aliphatic rings. The maximum absolute atomic E-state index is 12.4. The minimum atomic E-state index is -0.871. The number of hydrogen-bond acceptors (Lipinski definition) is 3. The Labute approximate surface area is 368 Å². The van der Waals surface area contributed by atoms with Gasteiger partial charge in [0.15, 0.2) is 0 Å². The summed E-state index contributed by atoms with van der Waals surface area (Å²) in [7, 11) is 0. The molecule has 1 amide bonds. The largest absolute Gasteiger partial charge is 0.394 e. The van der Waals surface area contributed by atoms with E-state index >= 15 is 0 Å². The van der Waals surface area contributed by atoms with Gasteiger partial charge >= 0.3 is 0 Å². The van der Waals surface area contributed by atoms with Gasteiger partial charge in [0.2, 0.25) is 5.91 Å². The van der Waals surface area contributed by atoms with Gasteiger partial charge in [0.1, 0.15) is 0 Å². The molecule has 0 aromatic rings. The molecule has 0 aliphatic heterocycles. The van der Waals surface area contributed by atoms with Crippen LogP contribution >= 0.6 is 0 Å². The summed E-state index contributed by atoms with van der Waals surface area (Å²) in [5.74, 6) is -0.0779. The van der Waals surface area contributed by atoms with Gasteiger partial charge in [0.25, 0.3) is 0 Å². The van der Waals surface area contributed by atoms with Crippen LogP contribution in [-0.4, -0.2) is 34.9 Å². The third-order valence-corrected chi connectivity index (χ3v) is 11.7. The zero-order chi connectivity index (χ0) is 42.8. The number of aliphatic hydroxyl groups is 2. The second kappa shape index (κ2) is 50.4. The molecule has 0 rings (SSSR count). The highest BCUT2D eigenvalue weighted by atomic mass is 16.3. The summed E-state index contributed by atoms with van der Waals surface area (Å²) < 4.78 is 0. The van der Waals surface area contributed by atoms with Crippen molar-refractivity contribution in [1.82, 2.24) is 5.32 Å². The Morgan fingerprint density at radius 2 is 0.712 bits per heavy atom. The summed E-state index contributed by atoms with van der Waals surface area (Å²) in [5.41, 5.74) is 0. The van der Waals surface area contributed by atoms with Gasteiger partial charge in [-0.2, -0.15) is 0 Å².